The van der Waals surface area contributed by atoms with E-state index in [9.17, 15) is 5.11 Å². The van der Waals surface area contributed by atoms with Gasteiger partial charge in [-0.05, 0) is 25.1 Å². The molecule has 2 atom stereocenters. The molecule has 24 heavy (non-hydrogen) atoms. The molecule has 1 aromatic carbocycles. The minimum Gasteiger partial charge on any atom is -0.489 e. The van der Waals surface area contributed by atoms with Gasteiger partial charge in [0, 0.05) is 5.02 Å². The average molecular weight is 369 g/mol. The predicted molar refractivity (Wildman–Crippen MR) is 87.1 cm³/mol. The third-order valence-corrected chi connectivity index (χ3v) is 3.91. The molecule has 0 saturated carbocycles. The Labute approximate surface area is 147 Å². The number of benzene rings is 1. The zero-order chi connectivity index (χ0) is 17.2. The van der Waals surface area contributed by atoms with E-state index in [-0.39, 0.29) is 6.61 Å². The lowest BCUT2D eigenvalue weighted by Gasteiger charge is -2.32. The molecule has 0 aliphatic rings. The Morgan fingerprint density at radius 2 is 2.00 bits per heavy atom. The molecule has 2 unspecified atom stereocenters. The molecule has 0 spiro atoms. The van der Waals surface area contributed by atoms with Gasteiger partial charge in [0.05, 0.1) is 5.02 Å². The average Bonchev–Trinajstić information content (AvgIpc) is 3.20. The molecule has 3 aromatic rings. The Bertz CT molecular complexity index is 757. The molecule has 0 bridgehead atoms. The lowest BCUT2D eigenvalue weighted by Crippen LogP contribution is -2.45. The molecule has 0 fully saturated rings. The van der Waals surface area contributed by atoms with Gasteiger partial charge in [0.15, 0.2) is 6.17 Å². The summed E-state index contributed by atoms with van der Waals surface area (Å²) < 4.78 is 8.79. The van der Waals surface area contributed by atoms with Crippen molar-refractivity contribution < 1.29 is 9.84 Å². The second-order valence-electron chi connectivity index (χ2n) is 5.38. The van der Waals surface area contributed by atoms with Crippen LogP contribution in [0.3, 0.4) is 0 Å². The van der Waals surface area contributed by atoms with Crippen molar-refractivity contribution in [3.63, 3.8) is 0 Å². The molecule has 2 heterocycles. The van der Waals surface area contributed by atoms with Crippen LogP contribution in [0.2, 0.25) is 10.0 Å². The van der Waals surface area contributed by atoms with Crippen LogP contribution in [0.15, 0.2) is 43.5 Å². The minimum atomic E-state index is -1.36. The van der Waals surface area contributed by atoms with Gasteiger partial charge in [-0.15, -0.1) is 10.2 Å². The summed E-state index contributed by atoms with van der Waals surface area (Å²) in [6.07, 6.45) is 5.19. The lowest BCUT2D eigenvalue weighted by molar-refractivity contribution is -0.0468. The van der Waals surface area contributed by atoms with E-state index in [1.807, 2.05) is 0 Å². The van der Waals surface area contributed by atoms with E-state index in [1.54, 1.807) is 29.7 Å². The zero-order valence-electron chi connectivity index (χ0n) is 12.6. The molecule has 126 valence electrons. The summed E-state index contributed by atoms with van der Waals surface area (Å²) in [5.41, 5.74) is -1.36. The van der Waals surface area contributed by atoms with Crippen LogP contribution in [0.5, 0.6) is 5.75 Å². The quantitative estimate of drug-likeness (QED) is 0.715. The van der Waals surface area contributed by atoms with Gasteiger partial charge in [0.1, 0.15) is 43.3 Å². The molecule has 0 aliphatic heterocycles. The molecule has 0 saturated heterocycles. The Morgan fingerprint density at radius 3 is 2.62 bits per heavy atom. The molecule has 1 N–H and O–H groups in total. The van der Waals surface area contributed by atoms with E-state index in [4.69, 9.17) is 27.9 Å². The van der Waals surface area contributed by atoms with Gasteiger partial charge in [-0.1, -0.05) is 23.2 Å². The molecular weight excluding hydrogens is 355 g/mol. The summed E-state index contributed by atoms with van der Waals surface area (Å²) in [4.78, 5) is 3.92. The van der Waals surface area contributed by atoms with Gasteiger partial charge in [-0.25, -0.2) is 9.67 Å². The van der Waals surface area contributed by atoms with Crippen LogP contribution in [0.4, 0.5) is 0 Å². The van der Waals surface area contributed by atoms with Crippen LogP contribution in [0.1, 0.15) is 13.1 Å². The molecule has 0 amide bonds. The summed E-state index contributed by atoms with van der Waals surface area (Å²) in [5.74, 6) is 0.419. The first-order valence-corrected chi connectivity index (χ1v) is 7.71. The van der Waals surface area contributed by atoms with E-state index < -0.39 is 11.8 Å². The van der Waals surface area contributed by atoms with Crippen LogP contribution >= 0.6 is 23.2 Å². The topological polar surface area (TPSA) is 90.9 Å². The summed E-state index contributed by atoms with van der Waals surface area (Å²) in [6.45, 7) is 1.56. The fraction of sp³-hybridized carbons (Fsp3) is 0.286. The van der Waals surface area contributed by atoms with Gasteiger partial charge in [-0.3, -0.25) is 4.57 Å². The van der Waals surface area contributed by atoms with Gasteiger partial charge < -0.3 is 9.84 Å². The van der Waals surface area contributed by atoms with Crippen molar-refractivity contribution in [3.05, 3.63) is 53.6 Å². The highest BCUT2D eigenvalue weighted by molar-refractivity contribution is 6.35. The van der Waals surface area contributed by atoms with Gasteiger partial charge in [0.25, 0.3) is 0 Å². The van der Waals surface area contributed by atoms with Crippen molar-refractivity contribution >= 4 is 23.2 Å². The Hall–Kier alpha value is -2.16. The molecule has 0 aliphatic carbocycles. The monoisotopic (exact) mass is 368 g/mol. The number of ether oxygens (including phenoxy) is 1. The number of aliphatic hydroxyl groups is 1. The fourth-order valence-corrected chi connectivity index (χ4v) is 2.78. The number of nitrogens with zero attached hydrogens (tertiary/aromatic N) is 6. The van der Waals surface area contributed by atoms with Gasteiger partial charge in [0.2, 0.25) is 0 Å². The first-order valence-electron chi connectivity index (χ1n) is 6.96. The number of hydrogen-bond acceptors (Lipinski definition) is 6. The standard InChI is InChI=1S/C14H14Cl2N6O2/c1-14(23,5-24-12-3-2-10(15)4-11(12)16)13(21-8-18-19-9-21)22-7-17-6-20-22/h2-4,6-9,13,23H,5H2,1H3. The molecule has 2 aromatic heterocycles. The molecule has 0 radical (unpaired) electrons. The van der Waals surface area contributed by atoms with Gasteiger partial charge >= 0.3 is 0 Å². The largest absolute Gasteiger partial charge is 0.489 e. The predicted octanol–water partition coefficient (Wildman–Crippen LogP) is 2.05. The summed E-state index contributed by atoms with van der Waals surface area (Å²) >= 11 is 12.0. The van der Waals surface area contributed by atoms with E-state index >= 15 is 0 Å². The maximum Gasteiger partial charge on any atom is 0.162 e. The van der Waals surface area contributed by atoms with Crippen LogP contribution in [-0.4, -0.2) is 46.8 Å². The van der Waals surface area contributed by atoms with Crippen molar-refractivity contribution in [2.45, 2.75) is 18.7 Å². The van der Waals surface area contributed by atoms with Gasteiger partial charge in [-0.2, -0.15) is 5.10 Å². The molecule has 3 rings (SSSR count). The van der Waals surface area contributed by atoms with E-state index in [0.29, 0.717) is 15.8 Å². The van der Waals surface area contributed by atoms with E-state index in [1.165, 1.54) is 30.0 Å². The summed E-state index contributed by atoms with van der Waals surface area (Å²) in [7, 11) is 0. The number of hydrogen-bond donors (Lipinski definition) is 1. The van der Waals surface area contributed by atoms with Crippen LogP contribution in [0, 0.1) is 0 Å². The van der Waals surface area contributed by atoms with Crippen molar-refractivity contribution in [3.8, 4) is 5.75 Å². The first-order chi connectivity index (χ1) is 11.5. The SMILES string of the molecule is CC(O)(COc1ccc(Cl)cc1Cl)C(n1cnnc1)n1cncn1. The second kappa shape index (κ2) is 6.76. The molecule has 8 nitrogen and oxygen atoms in total. The van der Waals surface area contributed by atoms with Crippen LogP contribution < -0.4 is 4.74 Å². The summed E-state index contributed by atoms with van der Waals surface area (Å²) in [5, 5.41) is 23.5. The third-order valence-electron chi connectivity index (χ3n) is 3.38. The number of rotatable bonds is 6. The highest BCUT2D eigenvalue weighted by atomic mass is 35.5. The number of halogens is 2. The van der Waals surface area contributed by atoms with Crippen LogP contribution in [0.25, 0.3) is 0 Å². The Balaban J connectivity index is 1.84. The lowest BCUT2D eigenvalue weighted by atomic mass is 10.0. The first kappa shape index (κ1) is 16.7. The van der Waals surface area contributed by atoms with Crippen molar-refractivity contribution in [1.82, 2.24) is 29.5 Å². The second-order valence-corrected chi connectivity index (χ2v) is 6.22. The highest BCUT2D eigenvalue weighted by Gasteiger charge is 2.37. The van der Waals surface area contributed by atoms with Crippen LogP contribution in [-0.2, 0) is 0 Å². The normalized spacial score (nSPS) is 15.0. The fourth-order valence-electron chi connectivity index (χ4n) is 2.31. The molecule has 10 heteroatoms. The Kier molecular flexibility index (Phi) is 4.70. The Morgan fingerprint density at radius 1 is 1.25 bits per heavy atom. The zero-order valence-corrected chi connectivity index (χ0v) is 14.1. The van der Waals surface area contributed by atoms with Crippen molar-refractivity contribution in [2.75, 3.05) is 6.61 Å². The smallest absolute Gasteiger partial charge is 0.162 e. The third kappa shape index (κ3) is 3.50. The maximum absolute atomic E-state index is 11.0. The molecular formula is C14H14Cl2N6O2. The minimum absolute atomic E-state index is 0.0585. The van der Waals surface area contributed by atoms with E-state index in [0.717, 1.165) is 0 Å². The van der Waals surface area contributed by atoms with Crippen molar-refractivity contribution in [2.24, 2.45) is 0 Å². The number of aromatic nitrogens is 6. The van der Waals surface area contributed by atoms with Crippen molar-refractivity contribution in [1.29, 1.82) is 0 Å². The maximum atomic E-state index is 11.0. The highest BCUT2D eigenvalue weighted by Crippen LogP contribution is 2.30. The summed E-state index contributed by atoms with van der Waals surface area (Å²) in [6, 6.07) is 4.87. The van der Waals surface area contributed by atoms with E-state index in [2.05, 4.69) is 20.3 Å².